The average Bonchev–Trinajstić information content (AvgIpc) is 2.50. The Balaban J connectivity index is 2.79. The summed E-state index contributed by atoms with van der Waals surface area (Å²) in [4.78, 5) is 0. The van der Waals surface area contributed by atoms with Gasteiger partial charge >= 0.3 is 0 Å². The van der Waals surface area contributed by atoms with Crippen molar-refractivity contribution in [2.24, 2.45) is 0 Å². The molecule has 2 aromatic rings. The number of rotatable bonds is 1. The van der Waals surface area contributed by atoms with Gasteiger partial charge in [-0.25, -0.2) is 0 Å². The monoisotopic (exact) mass is 163 g/mol. The molecule has 2 rings (SSSR count). The van der Waals surface area contributed by atoms with Crippen LogP contribution in [0.2, 0.25) is 0 Å². The average molecular weight is 163 g/mol. The molecule has 1 heterocycles. The minimum Gasteiger partial charge on any atom is -0.495 e. The second kappa shape index (κ2) is 2.55. The topological polar surface area (TPSA) is 9.23 Å². The van der Waals surface area contributed by atoms with Crippen molar-refractivity contribution in [1.29, 1.82) is 0 Å². The lowest BCUT2D eigenvalue weighted by Gasteiger charge is -1.98. The fraction of sp³-hybridized carbons (Fsp3) is 0.111. The summed E-state index contributed by atoms with van der Waals surface area (Å²) in [6.07, 6.45) is 0. The SMILES string of the molecule is COc1cccc2c[c]sc12. The quantitative estimate of drug-likeness (QED) is 0.628. The maximum absolute atomic E-state index is 5.18. The van der Waals surface area contributed by atoms with E-state index in [1.807, 2.05) is 18.2 Å². The third-order valence-electron chi connectivity index (χ3n) is 1.60. The first-order valence-electron chi connectivity index (χ1n) is 3.34. The Morgan fingerprint density at radius 2 is 2.36 bits per heavy atom. The van der Waals surface area contributed by atoms with Crippen LogP contribution >= 0.6 is 11.3 Å². The van der Waals surface area contributed by atoms with Gasteiger partial charge in [0.05, 0.1) is 11.8 Å². The minimum atomic E-state index is 0.939. The van der Waals surface area contributed by atoms with E-state index in [0.717, 1.165) is 5.75 Å². The highest BCUT2D eigenvalue weighted by molar-refractivity contribution is 7.17. The smallest absolute Gasteiger partial charge is 0.136 e. The maximum Gasteiger partial charge on any atom is 0.136 e. The van der Waals surface area contributed by atoms with E-state index in [1.54, 1.807) is 18.4 Å². The van der Waals surface area contributed by atoms with Crippen molar-refractivity contribution in [2.75, 3.05) is 7.11 Å². The van der Waals surface area contributed by atoms with Crippen LogP contribution in [0, 0.1) is 5.38 Å². The van der Waals surface area contributed by atoms with Crippen molar-refractivity contribution < 1.29 is 4.74 Å². The largest absolute Gasteiger partial charge is 0.495 e. The zero-order valence-electron chi connectivity index (χ0n) is 6.13. The molecule has 0 saturated heterocycles. The van der Waals surface area contributed by atoms with Crippen molar-refractivity contribution in [3.05, 3.63) is 29.6 Å². The van der Waals surface area contributed by atoms with E-state index in [-0.39, 0.29) is 0 Å². The Labute approximate surface area is 69.2 Å². The third kappa shape index (κ3) is 0.994. The lowest BCUT2D eigenvalue weighted by Crippen LogP contribution is -1.80. The van der Waals surface area contributed by atoms with E-state index >= 15 is 0 Å². The van der Waals surface area contributed by atoms with E-state index < -0.39 is 0 Å². The predicted octanol–water partition coefficient (Wildman–Crippen LogP) is 2.71. The van der Waals surface area contributed by atoms with Crippen molar-refractivity contribution in [3.63, 3.8) is 0 Å². The Kier molecular flexibility index (Phi) is 1.55. The van der Waals surface area contributed by atoms with Gasteiger partial charge in [0.15, 0.2) is 0 Å². The van der Waals surface area contributed by atoms with Crippen molar-refractivity contribution in [1.82, 2.24) is 0 Å². The maximum atomic E-state index is 5.18. The molecule has 55 valence electrons. The molecule has 1 nitrogen and oxygen atoms in total. The molecular formula is C9H7OS. The van der Waals surface area contributed by atoms with E-state index in [4.69, 9.17) is 4.74 Å². The van der Waals surface area contributed by atoms with Crippen LogP contribution in [0.4, 0.5) is 0 Å². The fourth-order valence-electron chi connectivity index (χ4n) is 1.07. The molecular weight excluding hydrogens is 156 g/mol. The molecule has 0 spiro atoms. The third-order valence-corrected chi connectivity index (χ3v) is 2.48. The number of thiophene rings is 1. The molecule has 0 unspecified atom stereocenters. The van der Waals surface area contributed by atoms with Gasteiger partial charge in [-0.15, -0.1) is 11.3 Å². The Hall–Kier alpha value is -1.02. The van der Waals surface area contributed by atoms with Gasteiger partial charge in [-0.3, -0.25) is 0 Å². The standard InChI is InChI=1S/C9H7OS/c1-10-8-4-2-3-7-5-6-11-9(7)8/h2-5H,1H3. The summed E-state index contributed by atoms with van der Waals surface area (Å²) in [7, 11) is 1.69. The van der Waals surface area contributed by atoms with Crippen LogP contribution in [-0.4, -0.2) is 7.11 Å². The van der Waals surface area contributed by atoms with E-state index in [1.165, 1.54) is 10.1 Å². The minimum absolute atomic E-state index is 0.939. The second-order valence-electron chi connectivity index (χ2n) is 2.24. The fourth-order valence-corrected chi connectivity index (χ4v) is 1.87. The van der Waals surface area contributed by atoms with Crippen LogP contribution < -0.4 is 4.74 Å². The molecule has 1 aromatic carbocycles. The van der Waals surface area contributed by atoms with Crippen LogP contribution in [0.1, 0.15) is 0 Å². The molecule has 2 heteroatoms. The van der Waals surface area contributed by atoms with Crippen molar-refractivity contribution in [3.8, 4) is 5.75 Å². The summed E-state index contributed by atoms with van der Waals surface area (Å²) in [5.74, 6) is 0.939. The van der Waals surface area contributed by atoms with Gasteiger partial charge in [0.25, 0.3) is 0 Å². The first-order chi connectivity index (χ1) is 5.42. The van der Waals surface area contributed by atoms with E-state index in [2.05, 4.69) is 11.4 Å². The summed E-state index contributed by atoms with van der Waals surface area (Å²) in [6, 6.07) is 7.99. The van der Waals surface area contributed by atoms with E-state index in [0.29, 0.717) is 0 Å². The highest BCUT2D eigenvalue weighted by Crippen LogP contribution is 2.29. The number of benzene rings is 1. The lowest BCUT2D eigenvalue weighted by molar-refractivity contribution is 0.420. The van der Waals surface area contributed by atoms with Crippen LogP contribution in [0.5, 0.6) is 5.75 Å². The lowest BCUT2D eigenvalue weighted by atomic mass is 10.2. The molecule has 11 heavy (non-hydrogen) atoms. The number of hydrogen-bond donors (Lipinski definition) is 0. The Morgan fingerprint density at radius 3 is 3.18 bits per heavy atom. The van der Waals surface area contributed by atoms with Crippen LogP contribution in [-0.2, 0) is 0 Å². The number of fused-ring (bicyclic) bond motifs is 1. The van der Waals surface area contributed by atoms with Crippen molar-refractivity contribution in [2.45, 2.75) is 0 Å². The van der Waals surface area contributed by atoms with E-state index in [9.17, 15) is 0 Å². The predicted molar refractivity (Wildman–Crippen MR) is 47.2 cm³/mol. The van der Waals surface area contributed by atoms with Gasteiger partial charge in [-0.2, -0.15) is 0 Å². The molecule has 0 fully saturated rings. The van der Waals surface area contributed by atoms with Gasteiger partial charge in [-0.1, -0.05) is 12.1 Å². The summed E-state index contributed by atoms with van der Waals surface area (Å²) >= 11 is 1.59. The molecule has 0 amide bonds. The molecule has 1 radical (unpaired) electrons. The van der Waals surface area contributed by atoms with Gasteiger partial charge in [-0.05, 0) is 17.5 Å². The normalized spacial score (nSPS) is 10.3. The van der Waals surface area contributed by atoms with Crippen LogP contribution in [0.25, 0.3) is 10.1 Å². The summed E-state index contributed by atoms with van der Waals surface area (Å²) < 4.78 is 6.35. The molecule has 0 N–H and O–H groups in total. The van der Waals surface area contributed by atoms with Crippen LogP contribution in [0.15, 0.2) is 24.3 Å². The number of methoxy groups -OCH3 is 1. The zero-order valence-corrected chi connectivity index (χ0v) is 6.94. The molecule has 1 aromatic heterocycles. The molecule has 0 saturated carbocycles. The molecule has 0 aliphatic carbocycles. The Morgan fingerprint density at radius 1 is 1.45 bits per heavy atom. The molecule has 0 atom stereocenters. The first kappa shape index (κ1) is 6.68. The second-order valence-corrected chi connectivity index (χ2v) is 3.09. The van der Waals surface area contributed by atoms with Gasteiger partial charge in [0.1, 0.15) is 5.75 Å². The number of ether oxygens (including phenoxy) is 1. The van der Waals surface area contributed by atoms with Gasteiger partial charge < -0.3 is 4.74 Å². The highest BCUT2D eigenvalue weighted by Gasteiger charge is 1.99. The van der Waals surface area contributed by atoms with Gasteiger partial charge in [0, 0.05) is 5.38 Å². The molecule has 0 aliphatic heterocycles. The number of hydrogen-bond acceptors (Lipinski definition) is 2. The highest BCUT2D eigenvalue weighted by atomic mass is 32.1. The Bertz CT molecular complexity index is 364. The molecule has 0 bridgehead atoms. The molecule has 0 aliphatic rings. The summed E-state index contributed by atoms with van der Waals surface area (Å²) in [5, 5.41) is 4.28. The summed E-state index contributed by atoms with van der Waals surface area (Å²) in [6.45, 7) is 0. The summed E-state index contributed by atoms with van der Waals surface area (Å²) in [5.41, 5.74) is 0. The zero-order chi connectivity index (χ0) is 7.68. The first-order valence-corrected chi connectivity index (χ1v) is 4.16. The van der Waals surface area contributed by atoms with Gasteiger partial charge in [0.2, 0.25) is 0 Å². The van der Waals surface area contributed by atoms with Crippen LogP contribution in [0.3, 0.4) is 0 Å². The van der Waals surface area contributed by atoms with Crippen molar-refractivity contribution >= 4 is 21.4 Å².